The first-order valence-corrected chi connectivity index (χ1v) is 9.21. The molecule has 0 aliphatic carbocycles. The summed E-state index contributed by atoms with van der Waals surface area (Å²) in [6.45, 7) is 2.44. The number of amides is 1. The second kappa shape index (κ2) is 7.70. The van der Waals surface area contributed by atoms with Crippen LogP contribution in [0.3, 0.4) is 0 Å². The van der Waals surface area contributed by atoms with Crippen LogP contribution in [0, 0.1) is 0 Å². The number of hydrogen-bond donors (Lipinski definition) is 1. The fourth-order valence-corrected chi connectivity index (χ4v) is 3.57. The first kappa shape index (κ1) is 16.8. The molecule has 1 aliphatic rings. The third-order valence-corrected chi connectivity index (χ3v) is 4.94. The van der Waals surface area contributed by atoms with Crippen LogP contribution in [-0.4, -0.2) is 34.9 Å². The smallest absolute Gasteiger partial charge is 0.290 e. The number of carbonyl (C=O) groups is 1. The van der Waals surface area contributed by atoms with Gasteiger partial charge in [-0.3, -0.25) is 9.78 Å². The standard InChI is InChI=1S/C21H23N3O2/c25-21(20-14-16-6-1-2-9-19(16)26-20)24(15-17-7-3-4-12-23-17)18-8-5-11-22-13-10-18/h1-4,6-7,9,12,14,18,22H,5,8,10-11,13,15H2. The van der Waals surface area contributed by atoms with E-state index in [9.17, 15) is 4.79 Å². The van der Waals surface area contributed by atoms with Gasteiger partial charge in [0, 0.05) is 17.6 Å². The minimum absolute atomic E-state index is 0.0567. The average molecular weight is 349 g/mol. The van der Waals surface area contributed by atoms with E-state index in [0.29, 0.717) is 12.3 Å². The summed E-state index contributed by atoms with van der Waals surface area (Å²) < 4.78 is 5.84. The molecule has 0 radical (unpaired) electrons. The largest absolute Gasteiger partial charge is 0.451 e. The van der Waals surface area contributed by atoms with Crippen LogP contribution in [0.25, 0.3) is 11.0 Å². The van der Waals surface area contributed by atoms with E-state index in [2.05, 4.69) is 10.3 Å². The molecule has 26 heavy (non-hydrogen) atoms. The van der Waals surface area contributed by atoms with Crippen molar-refractivity contribution in [3.05, 3.63) is 66.2 Å². The third kappa shape index (κ3) is 3.63. The van der Waals surface area contributed by atoms with Crippen molar-refractivity contribution in [3.63, 3.8) is 0 Å². The van der Waals surface area contributed by atoms with E-state index in [0.717, 1.165) is 49.0 Å². The maximum Gasteiger partial charge on any atom is 0.290 e. The van der Waals surface area contributed by atoms with Crippen molar-refractivity contribution in [2.75, 3.05) is 13.1 Å². The van der Waals surface area contributed by atoms with Gasteiger partial charge in [-0.2, -0.15) is 0 Å². The highest BCUT2D eigenvalue weighted by molar-refractivity contribution is 5.96. The Morgan fingerprint density at radius 3 is 2.88 bits per heavy atom. The molecule has 2 aromatic heterocycles. The Kier molecular flexibility index (Phi) is 4.97. The van der Waals surface area contributed by atoms with E-state index in [1.165, 1.54) is 0 Å². The van der Waals surface area contributed by atoms with Crippen LogP contribution in [0.1, 0.15) is 35.5 Å². The molecule has 1 aromatic carbocycles. The van der Waals surface area contributed by atoms with Gasteiger partial charge < -0.3 is 14.6 Å². The molecule has 4 rings (SSSR count). The molecular weight excluding hydrogens is 326 g/mol. The van der Waals surface area contributed by atoms with Crippen LogP contribution in [0.15, 0.2) is 59.1 Å². The Labute approximate surface area is 153 Å². The molecule has 1 fully saturated rings. The minimum atomic E-state index is -0.0567. The number of carbonyl (C=O) groups excluding carboxylic acids is 1. The topological polar surface area (TPSA) is 58.4 Å². The van der Waals surface area contributed by atoms with Gasteiger partial charge in [0.2, 0.25) is 0 Å². The van der Waals surface area contributed by atoms with Crippen molar-refractivity contribution in [1.82, 2.24) is 15.2 Å². The summed E-state index contributed by atoms with van der Waals surface area (Å²) in [5.41, 5.74) is 1.64. The highest BCUT2D eigenvalue weighted by Crippen LogP contribution is 2.24. The molecule has 5 heteroatoms. The first-order chi connectivity index (χ1) is 12.8. The zero-order chi connectivity index (χ0) is 17.8. The van der Waals surface area contributed by atoms with E-state index in [1.54, 1.807) is 6.20 Å². The summed E-state index contributed by atoms with van der Waals surface area (Å²) in [5.74, 6) is 0.345. The lowest BCUT2D eigenvalue weighted by molar-refractivity contribution is 0.0612. The zero-order valence-corrected chi connectivity index (χ0v) is 14.7. The number of aromatic nitrogens is 1. The lowest BCUT2D eigenvalue weighted by Crippen LogP contribution is -2.40. The van der Waals surface area contributed by atoms with Gasteiger partial charge in [-0.05, 0) is 56.6 Å². The molecular formula is C21H23N3O2. The van der Waals surface area contributed by atoms with Crippen molar-refractivity contribution in [1.29, 1.82) is 0 Å². The fraction of sp³-hybridized carbons (Fsp3) is 0.333. The van der Waals surface area contributed by atoms with Gasteiger partial charge in [-0.15, -0.1) is 0 Å². The fourth-order valence-electron chi connectivity index (χ4n) is 3.57. The average Bonchev–Trinajstić information content (AvgIpc) is 2.94. The van der Waals surface area contributed by atoms with Crippen LogP contribution in [0.4, 0.5) is 0 Å². The lowest BCUT2D eigenvalue weighted by Gasteiger charge is -2.30. The predicted octanol–water partition coefficient (Wildman–Crippen LogP) is 3.61. The summed E-state index contributed by atoms with van der Waals surface area (Å²) >= 11 is 0. The SMILES string of the molecule is O=C(c1cc2ccccc2o1)N(Cc1ccccn1)C1CCCNCC1. The first-order valence-electron chi connectivity index (χ1n) is 9.21. The number of nitrogens with zero attached hydrogens (tertiary/aromatic N) is 2. The van der Waals surface area contributed by atoms with Gasteiger partial charge >= 0.3 is 0 Å². The molecule has 3 heterocycles. The molecule has 134 valence electrons. The predicted molar refractivity (Wildman–Crippen MR) is 101 cm³/mol. The lowest BCUT2D eigenvalue weighted by atomic mass is 10.1. The van der Waals surface area contributed by atoms with Gasteiger partial charge in [0.15, 0.2) is 5.76 Å². The molecule has 5 nitrogen and oxygen atoms in total. The Morgan fingerprint density at radius 2 is 2.04 bits per heavy atom. The summed E-state index contributed by atoms with van der Waals surface area (Å²) in [4.78, 5) is 19.7. The van der Waals surface area contributed by atoms with Gasteiger partial charge in [-0.25, -0.2) is 0 Å². The number of nitrogens with one attached hydrogen (secondary N) is 1. The Hall–Kier alpha value is -2.66. The van der Waals surface area contributed by atoms with E-state index < -0.39 is 0 Å². The highest BCUT2D eigenvalue weighted by atomic mass is 16.3. The summed E-state index contributed by atoms with van der Waals surface area (Å²) in [5, 5.41) is 4.37. The van der Waals surface area contributed by atoms with Gasteiger partial charge in [0.25, 0.3) is 5.91 Å². The second-order valence-corrected chi connectivity index (χ2v) is 6.74. The van der Waals surface area contributed by atoms with Gasteiger partial charge in [0.1, 0.15) is 5.58 Å². The van der Waals surface area contributed by atoms with E-state index in [4.69, 9.17) is 4.42 Å². The number of fused-ring (bicyclic) bond motifs is 1. The van der Waals surface area contributed by atoms with Crippen LogP contribution in [0.5, 0.6) is 0 Å². The van der Waals surface area contributed by atoms with Crippen molar-refractivity contribution in [3.8, 4) is 0 Å². The van der Waals surface area contributed by atoms with Crippen molar-refractivity contribution in [2.24, 2.45) is 0 Å². The van der Waals surface area contributed by atoms with E-state index >= 15 is 0 Å². The van der Waals surface area contributed by atoms with Crippen LogP contribution >= 0.6 is 0 Å². The maximum atomic E-state index is 13.3. The molecule has 0 saturated carbocycles. The summed E-state index contributed by atoms with van der Waals surface area (Å²) in [6.07, 6.45) is 4.77. The van der Waals surface area contributed by atoms with Crippen molar-refractivity contribution < 1.29 is 9.21 Å². The molecule has 1 aliphatic heterocycles. The van der Waals surface area contributed by atoms with Crippen LogP contribution in [0.2, 0.25) is 0 Å². The number of furan rings is 1. The quantitative estimate of drug-likeness (QED) is 0.782. The van der Waals surface area contributed by atoms with E-state index in [-0.39, 0.29) is 11.9 Å². The normalized spacial score (nSPS) is 17.8. The Morgan fingerprint density at radius 1 is 1.15 bits per heavy atom. The third-order valence-electron chi connectivity index (χ3n) is 4.94. The molecule has 3 aromatic rings. The number of para-hydroxylation sites is 1. The Bertz CT molecular complexity index is 834. The molecule has 1 saturated heterocycles. The monoisotopic (exact) mass is 349 g/mol. The van der Waals surface area contributed by atoms with Crippen LogP contribution < -0.4 is 5.32 Å². The Balaban J connectivity index is 1.64. The molecule has 1 N–H and O–H groups in total. The maximum absolute atomic E-state index is 13.3. The molecule has 1 atom stereocenters. The summed E-state index contributed by atoms with van der Waals surface area (Å²) in [6, 6.07) is 15.6. The molecule has 1 unspecified atom stereocenters. The highest BCUT2D eigenvalue weighted by Gasteiger charge is 2.28. The zero-order valence-electron chi connectivity index (χ0n) is 14.7. The number of pyridine rings is 1. The summed E-state index contributed by atoms with van der Waals surface area (Å²) in [7, 11) is 0. The second-order valence-electron chi connectivity index (χ2n) is 6.74. The molecule has 0 spiro atoms. The van der Waals surface area contributed by atoms with Crippen LogP contribution in [-0.2, 0) is 6.54 Å². The van der Waals surface area contributed by atoms with Crippen molar-refractivity contribution >= 4 is 16.9 Å². The van der Waals surface area contributed by atoms with Gasteiger partial charge in [0.05, 0.1) is 12.2 Å². The number of rotatable bonds is 4. The minimum Gasteiger partial charge on any atom is -0.451 e. The number of benzene rings is 1. The van der Waals surface area contributed by atoms with Gasteiger partial charge in [-0.1, -0.05) is 24.3 Å². The molecule has 0 bridgehead atoms. The molecule has 1 amide bonds. The number of hydrogen-bond acceptors (Lipinski definition) is 4. The van der Waals surface area contributed by atoms with E-state index in [1.807, 2.05) is 53.4 Å². The van der Waals surface area contributed by atoms with Crippen molar-refractivity contribution in [2.45, 2.75) is 31.8 Å².